The fourth-order valence-corrected chi connectivity index (χ4v) is 2.38. The van der Waals surface area contributed by atoms with Crippen LogP contribution in [-0.4, -0.2) is 19.9 Å². The Balaban J connectivity index is 2.46. The molecule has 0 fully saturated rings. The minimum atomic E-state index is -0.609. The summed E-state index contributed by atoms with van der Waals surface area (Å²) in [6.07, 6.45) is 10.6. The molecule has 0 bridgehead atoms. The molecule has 22 heavy (non-hydrogen) atoms. The first kappa shape index (κ1) is 18.3. The highest BCUT2D eigenvalue weighted by molar-refractivity contribution is 5.59. The van der Waals surface area contributed by atoms with E-state index >= 15 is 0 Å². The lowest BCUT2D eigenvalue weighted by molar-refractivity contribution is 0.0704. The van der Waals surface area contributed by atoms with Crippen LogP contribution in [-0.2, 0) is 9.47 Å². The molecule has 0 saturated heterocycles. The van der Waals surface area contributed by atoms with Crippen LogP contribution in [0, 0.1) is 0 Å². The highest BCUT2D eigenvalue weighted by Gasteiger charge is 2.11. The van der Waals surface area contributed by atoms with Crippen molar-refractivity contribution in [3.05, 3.63) is 48.0 Å². The normalized spacial score (nSPS) is 12.3. The molecular formula is C19H28O3. The van der Waals surface area contributed by atoms with Crippen LogP contribution in [0.15, 0.2) is 42.5 Å². The topological polar surface area (TPSA) is 35.5 Å². The Labute approximate surface area is 134 Å². The van der Waals surface area contributed by atoms with E-state index in [9.17, 15) is 4.79 Å². The molecule has 0 aliphatic carbocycles. The maximum Gasteiger partial charge on any atom is 0.507 e. The van der Waals surface area contributed by atoms with Gasteiger partial charge in [0.25, 0.3) is 0 Å². The van der Waals surface area contributed by atoms with E-state index in [-0.39, 0.29) is 0 Å². The third-order valence-corrected chi connectivity index (χ3v) is 3.69. The average Bonchev–Trinajstić information content (AvgIpc) is 2.56. The summed E-state index contributed by atoms with van der Waals surface area (Å²) in [5.74, 6) is 0.369. The fraction of sp³-hybridized carbons (Fsp3) is 0.526. The summed E-state index contributed by atoms with van der Waals surface area (Å²) in [7, 11) is 1.33. The Hall–Kier alpha value is -1.77. The van der Waals surface area contributed by atoms with Crippen molar-refractivity contribution in [1.29, 1.82) is 0 Å². The predicted molar refractivity (Wildman–Crippen MR) is 90.1 cm³/mol. The quantitative estimate of drug-likeness (QED) is 0.326. The third-order valence-electron chi connectivity index (χ3n) is 3.69. The number of hydrogen-bond donors (Lipinski definition) is 0. The summed E-state index contributed by atoms with van der Waals surface area (Å²) in [5.41, 5.74) is 1.29. The van der Waals surface area contributed by atoms with Gasteiger partial charge in [0.2, 0.25) is 0 Å². The second kappa shape index (κ2) is 11.8. The number of allylic oxidation sites excluding steroid dienone is 2. The molecular weight excluding hydrogens is 276 g/mol. The van der Waals surface area contributed by atoms with Gasteiger partial charge in [-0.3, -0.25) is 0 Å². The van der Waals surface area contributed by atoms with Gasteiger partial charge in [0, 0.05) is 0 Å². The van der Waals surface area contributed by atoms with Crippen LogP contribution in [0.3, 0.4) is 0 Å². The van der Waals surface area contributed by atoms with Gasteiger partial charge in [-0.2, -0.15) is 0 Å². The number of unbranched alkanes of at least 4 members (excludes halogenated alkanes) is 3. The molecule has 0 aliphatic rings. The molecule has 0 N–H and O–H groups in total. The van der Waals surface area contributed by atoms with Crippen molar-refractivity contribution in [1.82, 2.24) is 0 Å². The van der Waals surface area contributed by atoms with Crippen molar-refractivity contribution >= 4 is 6.16 Å². The molecule has 1 rings (SSSR count). The summed E-state index contributed by atoms with van der Waals surface area (Å²) >= 11 is 0. The molecule has 1 aromatic rings. The van der Waals surface area contributed by atoms with Crippen molar-refractivity contribution in [3.8, 4) is 0 Å². The van der Waals surface area contributed by atoms with Crippen molar-refractivity contribution in [2.75, 3.05) is 13.7 Å². The van der Waals surface area contributed by atoms with E-state index in [1.54, 1.807) is 0 Å². The molecule has 0 heterocycles. The molecule has 0 amide bonds. The minimum Gasteiger partial charge on any atom is -0.438 e. The Morgan fingerprint density at radius 1 is 1.18 bits per heavy atom. The van der Waals surface area contributed by atoms with Gasteiger partial charge in [0.1, 0.15) is 0 Å². The van der Waals surface area contributed by atoms with Gasteiger partial charge >= 0.3 is 6.16 Å². The molecule has 0 aliphatic heterocycles. The van der Waals surface area contributed by atoms with Crippen molar-refractivity contribution in [2.24, 2.45) is 0 Å². The summed E-state index contributed by atoms with van der Waals surface area (Å²) in [6, 6.07) is 10.4. The van der Waals surface area contributed by atoms with Gasteiger partial charge < -0.3 is 9.47 Å². The summed E-state index contributed by atoms with van der Waals surface area (Å²) < 4.78 is 9.52. The first-order chi connectivity index (χ1) is 10.8. The first-order valence-corrected chi connectivity index (χ1v) is 8.18. The maximum absolute atomic E-state index is 11.0. The van der Waals surface area contributed by atoms with Crippen molar-refractivity contribution in [2.45, 2.75) is 51.4 Å². The molecule has 1 atom stereocenters. The number of ether oxygens (including phenoxy) is 2. The van der Waals surface area contributed by atoms with Crippen molar-refractivity contribution < 1.29 is 14.3 Å². The minimum absolute atomic E-state index is 0.369. The second-order valence-corrected chi connectivity index (χ2v) is 5.40. The summed E-state index contributed by atoms with van der Waals surface area (Å²) in [6.45, 7) is 2.60. The molecule has 1 aromatic carbocycles. The zero-order valence-corrected chi connectivity index (χ0v) is 13.8. The van der Waals surface area contributed by atoms with Crippen molar-refractivity contribution in [3.63, 3.8) is 0 Å². The van der Waals surface area contributed by atoms with Crippen LogP contribution in [0.1, 0.15) is 56.9 Å². The predicted octanol–water partition coefficient (Wildman–Crippen LogP) is 5.47. The van der Waals surface area contributed by atoms with Crippen LogP contribution < -0.4 is 0 Å². The molecule has 0 radical (unpaired) electrons. The van der Waals surface area contributed by atoms with Crippen LogP contribution in [0.25, 0.3) is 0 Å². The number of benzene rings is 1. The van der Waals surface area contributed by atoms with Gasteiger partial charge in [-0.15, -0.1) is 0 Å². The van der Waals surface area contributed by atoms with E-state index in [0.717, 1.165) is 19.3 Å². The van der Waals surface area contributed by atoms with E-state index in [1.165, 1.54) is 31.9 Å². The lowest BCUT2D eigenvalue weighted by Gasteiger charge is -2.15. The number of carbonyl (C=O) groups is 1. The highest BCUT2D eigenvalue weighted by Crippen LogP contribution is 2.24. The zero-order chi connectivity index (χ0) is 16.0. The smallest absolute Gasteiger partial charge is 0.438 e. The molecule has 122 valence electrons. The van der Waals surface area contributed by atoms with Crippen LogP contribution >= 0.6 is 0 Å². The molecule has 1 unspecified atom stereocenters. The van der Waals surface area contributed by atoms with Crippen LogP contribution in [0.2, 0.25) is 0 Å². The standard InChI is InChI=1S/C19H28O3/c1-3-4-5-6-7-9-14-18(15-16-22-19(20)21-2)17-12-10-8-11-13-17/h7-13,18H,3-6,14-16H2,1-2H3/b9-7+. The van der Waals surface area contributed by atoms with E-state index < -0.39 is 6.16 Å². The molecule has 3 heteroatoms. The number of methoxy groups -OCH3 is 1. The molecule has 3 nitrogen and oxygen atoms in total. The summed E-state index contributed by atoms with van der Waals surface area (Å²) in [4.78, 5) is 11.0. The Bertz CT molecular complexity index is 426. The molecule has 0 saturated carbocycles. The van der Waals surface area contributed by atoms with Gasteiger partial charge in [0.05, 0.1) is 13.7 Å². The molecule has 0 aromatic heterocycles. The van der Waals surface area contributed by atoms with E-state index in [1.807, 2.05) is 6.07 Å². The lowest BCUT2D eigenvalue weighted by atomic mass is 9.92. The largest absolute Gasteiger partial charge is 0.507 e. The van der Waals surface area contributed by atoms with Gasteiger partial charge in [-0.1, -0.05) is 62.2 Å². The Kier molecular flexibility index (Phi) is 9.84. The number of rotatable bonds is 10. The van der Waals surface area contributed by atoms with Crippen LogP contribution in [0.5, 0.6) is 0 Å². The Morgan fingerprint density at radius 3 is 2.64 bits per heavy atom. The Morgan fingerprint density at radius 2 is 1.95 bits per heavy atom. The van der Waals surface area contributed by atoms with Gasteiger partial charge in [0.15, 0.2) is 0 Å². The van der Waals surface area contributed by atoms with E-state index in [2.05, 4.69) is 48.1 Å². The zero-order valence-electron chi connectivity index (χ0n) is 13.8. The molecule has 0 spiro atoms. The van der Waals surface area contributed by atoms with E-state index in [0.29, 0.717) is 12.5 Å². The number of carbonyl (C=O) groups excluding carboxylic acids is 1. The van der Waals surface area contributed by atoms with Gasteiger partial charge in [-0.25, -0.2) is 4.79 Å². The first-order valence-electron chi connectivity index (χ1n) is 8.18. The average molecular weight is 304 g/mol. The lowest BCUT2D eigenvalue weighted by Crippen LogP contribution is -2.09. The third kappa shape index (κ3) is 7.87. The second-order valence-electron chi connectivity index (χ2n) is 5.40. The van der Waals surface area contributed by atoms with Crippen LogP contribution in [0.4, 0.5) is 4.79 Å². The van der Waals surface area contributed by atoms with E-state index in [4.69, 9.17) is 4.74 Å². The summed E-state index contributed by atoms with van der Waals surface area (Å²) in [5, 5.41) is 0. The highest BCUT2D eigenvalue weighted by atomic mass is 16.7. The fourth-order valence-electron chi connectivity index (χ4n) is 2.38. The van der Waals surface area contributed by atoms with Gasteiger partial charge in [-0.05, 0) is 37.2 Å². The monoisotopic (exact) mass is 304 g/mol. The SMILES string of the molecule is CCCCC/C=C/CC(CCOC(=O)OC)c1ccccc1. The number of hydrogen-bond acceptors (Lipinski definition) is 3. The maximum atomic E-state index is 11.0.